The molecule has 1 unspecified atom stereocenters. The van der Waals surface area contributed by atoms with E-state index in [4.69, 9.17) is 19.3 Å². The molecule has 1 atom stereocenters. The highest BCUT2D eigenvalue weighted by atomic mass is 16.6. The van der Waals surface area contributed by atoms with Crippen molar-refractivity contribution in [1.82, 2.24) is 0 Å². The van der Waals surface area contributed by atoms with Gasteiger partial charge in [0.1, 0.15) is 6.61 Å². The van der Waals surface area contributed by atoms with Crippen molar-refractivity contribution in [3.05, 3.63) is 23.3 Å². The standard InChI is InChI=1S/C13H14O6/c1-3-17-13(16)10-6-18-11-7(2)8(12(14)15)4-5-9(11)19-10/h4-5,10H,3,6H2,1-2H3,(H,14,15). The molecule has 19 heavy (non-hydrogen) atoms. The molecule has 6 nitrogen and oxygen atoms in total. The normalized spacial score (nSPS) is 16.8. The van der Waals surface area contributed by atoms with Gasteiger partial charge in [-0.25, -0.2) is 9.59 Å². The molecule has 1 aromatic carbocycles. The number of carbonyl (C=O) groups excluding carboxylic acids is 1. The van der Waals surface area contributed by atoms with Gasteiger partial charge in [0.2, 0.25) is 6.10 Å². The van der Waals surface area contributed by atoms with Crippen LogP contribution in [0.25, 0.3) is 0 Å². The van der Waals surface area contributed by atoms with Gasteiger partial charge in [-0.1, -0.05) is 0 Å². The second-order valence-corrected chi connectivity index (χ2v) is 4.04. The lowest BCUT2D eigenvalue weighted by Crippen LogP contribution is -2.38. The van der Waals surface area contributed by atoms with Crippen LogP contribution < -0.4 is 9.47 Å². The maximum atomic E-state index is 11.5. The number of ether oxygens (including phenoxy) is 3. The first-order valence-corrected chi connectivity index (χ1v) is 5.87. The molecule has 0 radical (unpaired) electrons. The van der Waals surface area contributed by atoms with Gasteiger partial charge in [0.15, 0.2) is 11.5 Å². The number of fused-ring (bicyclic) bond motifs is 1. The predicted octanol–water partition coefficient (Wildman–Crippen LogP) is 1.40. The van der Waals surface area contributed by atoms with Gasteiger partial charge in [0.05, 0.1) is 12.2 Å². The molecular formula is C13H14O6. The molecule has 1 N–H and O–H groups in total. The highest BCUT2D eigenvalue weighted by molar-refractivity contribution is 5.90. The summed E-state index contributed by atoms with van der Waals surface area (Å²) in [6.45, 7) is 3.62. The zero-order chi connectivity index (χ0) is 14.0. The Hall–Kier alpha value is -2.24. The van der Waals surface area contributed by atoms with Crippen LogP contribution in [0.3, 0.4) is 0 Å². The van der Waals surface area contributed by atoms with Gasteiger partial charge in [0, 0.05) is 5.56 Å². The summed E-state index contributed by atoms with van der Waals surface area (Å²) in [5, 5.41) is 9.01. The first kappa shape index (κ1) is 13.2. The first-order chi connectivity index (χ1) is 9.04. The smallest absolute Gasteiger partial charge is 0.350 e. The largest absolute Gasteiger partial charge is 0.485 e. The fourth-order valence-electron chi connectivity index (χ4n) is 1.87. The molecule has 0 aliphatic carbocycles. The fraction of sp³-hybridized carbons (Fsp3) is 0.385. The van der Waals surface area contributed by atoms with Crippen molar-refractivity contribution in [2.24, 2.45) is 0 Å². The Balaban J connectivity index is 2.26. The minimum absolute atomic E-state index is 0.00967. The van der Waals surface area contributed by atoms with Crippen molar-refractivity contribution in [1.29, 1.82) is 0 Å². The van der Waals surface area contributed by atoms with Crippen LogP contribution in [0.15, 0.2) is 12.1 Å². The molecule has 1 heterocycles. The molecule has 1 aromatic rings. The molecule has 0 bridgehead atoms. The molecule has 0 spiro atoms. The van der Waals surface area contributed by atoms with Gasteiger partial charge < -0.3 is 19.3 Å². The predicted molar refractivity (Wildman–Crippen MR) is 64.7 cm³/mol. The van der Waals surface area contributed by atoms with Crippen LogP contribution >= 0.6 is 0 Å². The van der Waals surface area contributed by atoms with Crippen LogP contribution in [-0.4, -0.2) is 36.4 Å². The quantitative estimate of drug-likeness (QED) is 0.833. The average molecular weight is 266 g/mol. The van der Waals surface area contributed by atoms with Crippen LogP contribution in [0.2, 0.25) is 0 Å². The van der Waals surface area contributed by atoms with E-state index in [1.165, 1.54) is 12.1 Å². The summed E-state index contributed by atoms with van der Waals surface area (Å²) in [4.78, 5) is 22.5. The molecule has 1 aliphatic heterocycles. The van der Waals surface area contributed by atoms with E-state index in [1.54, 1.807) is 13.8 Å². The number of carboxylic acids is 1. The van der Waals surface area contributed by atoms with Crippen molar-refractivity contribution in [3.63, 3.8) is 0 Å². The van der Waals surface area contributed by atoms with Crippen molar-refractivity contribution < 1.29 is 28.9 Å². The fourth-order valence-corrected chi connectivity index (χ4v) is 1.87. The lowest BCUT2D eigenvalue weighted by Gasteiger charge is -2.26. The monoisotopic (exact) mass is 266 g/mol. The third kappa shape index (κ3) is 2.47. The Morgan fingerprint density at radius 1 is 1.47 bits per heavy atom. The first-order valence-electron chi connectivity index (χ1n) is 5.87. The molecule has 6 heteroatoms. The highest BCUT2D eigenvalue weighted by Gasteiger charge is 2.30. The van der Waals surface area contributed by atoms with E-state index in [1.807, 2.05) is 0 Å². The lowest BCUT2D eigenvalue weighted by atomic mass is 10.1. The molecule has 1 aliphatic rings. The topological polar surface area (TPSA) is 82.1 Å². The molecule has 0 fully saturated rings. The number of hydrogen-bond acceptors (Lipinski definition) is 5. The Labute approximate surface area is 109 Å². The van der Waals surface area contributed by atoms with Gasteiger partial charge in [-0.15, -0.1) is 0 Å². The van der Waals surface area contributed by atoms with Crippen molar-refractivity contribution >= 4 is 11.9 Å². The van der Waals surface area contributed by atoms with E-state index in [0.717, 1.165) is 0 Å². The van der Waals surface area contributed by atoms with Crippen molar-refractivity contribution in [3.8, 4) is 11.5 Å². The van der Waals surface area contributed by atoms with Gasteiger partial charge in [-0.05, 0) is 26.0 Å². The van der Waals surface area contributed by atoms with Crippen LogP contribution in [-0.2, 0) is 9.53 Å². The molecule has 0 amide bonds. The van der Waals surface area contributed by atoms with E-state index >= 15 is 0 Å². The molecule has 0 saturated heterocycles. The van der Waals surface area contributed by atoms with Crippen LogP contribution in [0.5, 0.6) is 11.5 Å². The van der Waals surface area contributed by atoms with E-state index in [-0.39, 0.29) is 18.8 Å². The van der Waals surface area contributed by atoms with E-state index in [9.17, 15) is 9.59 Å². The minimum Gasteiger partial charge on any atom is -0.485 e. The molecule has 2 rings (SSSR count). The van der Waals surface area contributed by atoms with Gasteiger partial charge in [-0.3, -0.25) is 0 Å². The second kappa shape index (κ2) is 5.17. The van der Waals surface area contributed by atoms with E-state index in [2.05, 4.69) is 0 Å². The summed E-state index contributed by atoms with van der Waals surface area (Å²) in [6, 6.07) is 2.91. The molecule has 102 valence electrons. The Bertz CT molecular complexity index is 522. The van der Waals surface area contributed by atoms with Crippen molar-refractivity contribution in [2.45, 2.75) is 20.0 Å². The number of benzene rings is 1. The third-order valence-electron chi connectivity index (χ3n) is 2.80. The zero-order valence-corrected chi connectivity index (χ0v) is 10.6. The lowest BCUT2D eigenvalue weighted by molar-refractivity contribution is -0.153. The molecule has 0 aromatic heterocycles. The summed E-state index contributed by atoms with van der Waals surface area (Å²) in [5.41, 5.74) is 0.629. The van der Waals surface area contributed by atoms with Gasteiger partial charge in [-0.2, -0.15) is 0 Å². The number of esters is 1. The molecular weight excluding hydrogens is 252 g/mol. The van der Waals surface area contributed by atoms with Crippen LogP contribution in [0, 0.1) is 6.92 Å². The number of hydrogen-bond donors (Lipinski definition) is 1. The summed E-state index contributed by atoms with van der Waals surface area (Å²) >= 11 is 0. The average Bonchev–Trinajstić information content (AvgIpc) is 2.38. The number of carboxylic acid groups (broad SMARTS) is 1. The maximum Gasteiger partial charge on any atom is 0.350 e. The summed E-state index contributed by atoms with van der Waals surface area (Å²) in [7, 11) is 0. The van der Waals surface area contributed by atoms with Crippen molar-refractivity contribution in [2.75, 3.05) is 13.2 Å². The van der Waals surface area contributed by atoms with Crippen LogP contribution in [0.4, 0.5) is 0 Å². The maximum absolute atomic E-state index is 11.5. The summed E-state index contributed by atoms with van der Waals surface area (Å²) < 4.78 is 15.8. The Morgan fingerprint density at radius 2 is 2.21 bits per heavy atom. The summed E-state index contributed by atoms with van der Waals surface area (Å²) in [6.07, 6.45) is -0.817. The zero-order valence-electron chi connectivity index (χ0n) is 10.6. The Kier molecular flexibility index (Phi) is 3.59. The van der Waals surface area contributed by atoms with E-state index < -0.39 is 18.0 Å². The third-order valence-corrected chi connectivity index (χ3v) is 2.80. The summed E-state index contributed by atoms with van der Waals surface area (Å²) in [5.74, 6) is -0.809. The van der Waals surface area contributed by atoms with E-state index in [0.29, 0.717) is 17.1 Å². The van der Waals surface area contributed by atoms with Crippen LogP contribution in [0.1, 0.15) is 22.8 Å². The molecule has 0 saturated carbocycles. The SMILES string of the molecule is CCOC(=O)C1COc2c(ccc(C(=O)O)c2C)O1. The number of carbonyl (C=O) groups is 2. The van der Waals surface area contributed by atoms with Gasteiger partial charge in [0.25, 0.3) is 0 Å². The number of rotatable bonds is 3. The second-order valence-electron chi connectivity index (χ2n) is 4.04. The van der Waals surface area contributed by atoms with Gasteiger partial charge >= 0.3 is 11.9 Å². The Morgan fingerprint density at radius 3 is 2.84 bits per heavy atom. The highest BCUT2D eigenvalue weighted by Crippen LogP contribution is 2.36. The minimum atomic E-state index is -1.03. The number of aromatic carboxylic acids is 1.